The van der Waals surface area contributed by atoms with Crippen molar-refractivity contribution in [1.29, 1.82) is 5.26 Å². The second-order valence-corrected chi connectivity index (χ2v) is 4.37. The van der Waals surface area contributed by atoms with Crippen LogP contribution >= 0.6 is 0 Å². The van der Waals surface area contributed by atoms with Gasteiger partial charge in [-0.1, -0.05) is 0 Å². The molecule has 1 saturated heterocycles. The highest BCUT2D eigenvalue weighted by Crippen LogP contribution is 2.15. The molecule has 0 saturated carbocycles. The van der Waals surface area contributed by atoms with Crippen molar-refractivity contribution >= 4 is 11.6 Å². The van der Waals surface area contributed by atoms with Gasteiger partial charge in [0.25, 0.3) is 0 Å². The van der Waals surface area contributed by atoms with Crippen molar-refractivity contribution in [1.82, 2.24) is 14.9 Å². The van der Waals surface area contributed by atoms with Crippen LogP contribution in [-0.4, -0.2) is 45.5 Å². The number of nitro groups is 1. The van der Waals surface area contributed by atoms with Crippen molar-refractivity contribution in [3.05, 3.63) is 22.5 Å². The molecule has 0 unspecified atom stereocenters. The Morgan fingerprint density at radius 3 is 2.63 bits per heavy atom. The molecule has 1 aromatic rings. The monoisotopic (exact) mass is 262 g/mol. The number of aromatic nitrogens is 2. The van der Waals surface area contributed by atoms with Gasteiger partial charge in [-0.2, -0.15) is 5.26 Å². The van der Waals surface area contributed by atoms with Crippen LogP contribution in [0.2, 0.25) is 0 Å². The van der Waals surface area contributed by atoms with Gasteiger partial charge in [-0.25, -0.2) is 9.97 Å². The van der Waals surface area contributed by atoms with Gasteiger partial charge >= 0.3 is 5.69 Å². The van der Waals surface area contributed by atoms with E-state index in [1.54, 1.807) is 0 Å². The smallest absolute Gasteiger partial charge is 0.305 e. The van der Waals surface area contributed by atoms with E-state index in [1.807, 2.05) is 0 Å². The topological polar surface area (TPSA) is 108 Å². The molecule has 0 aromatic carbocycles. The second-order valence-electron chi connectivity index (χ2n) is 4.37. The van der Waals surface area contributed by atoms with E-state index in [-0.39, 0.29) is 11.7 Å². The van der Waals surface area contributed by atoms with Gasteiger partial charge in [0.1, 0.15) is 12.4 Å². The summed E-state index contributed by atoms with van der Waals surface area (Å²) in [6.45, 7) is 2.18. The first-order valence-electron chi connectivity index (χ1n) is 6.01. The third-order valence-electron chi connectivity index (χ3n) is 3.06. The molecule has 0 amide bonds. The van der Waals surface area contributed by atoms with Gasteiger partial charge in [0.05, 0.1) is 17.5 Å². The van der Waals surface area contributed by atoms with Crippen LogP contribution in [0.15, 0.2) is 12.4 Å². The van der Waals surface area contributed by atoms with Gasteiger partial charge in [0.2, 0.25) is 5.95 Å². The Hall–Kier alpha value is -2.27. The van der Waals surface area contributed by atoms with Crippen LogP contribution in [0.3, 0.4) is 0 Å². The van der Waals surface area contributed by atoms with Crippen molar-refractivity contribution in [2.75, 3.05) is 25.0 Å². The Bertz CT molecular complexity index is 475. The lowest BCUT2D eigenvalue weighted by Crippen LogP contribution is -2.39. The summed E-state index contributed by atoms with van der Waals surface area (Å²) in [5.41, 5.74) is -0.116. The minimum Gasteiger partial charge on any atom is -0.351 e. The molecule has 1 fully saturated rings. The van der Waals surface area contributed by atoms with Crippen molar-refractivity contribution in [3.8, 4) is 6.07 Å². The van der Waals surface area contributed by atoms with Crippen LogP contribution in [0.4, 0.5) is 11.6 Å². The molecule has 0 spiro atoms. The molecule has 1 aromatic heterocycles. The predicted molar refractivity (Wildman–Crippen MR) is 67.4 cm³/mol. The fraction of sp³-hybridized carbons (Fsp3) is 0.545. The van der Waals surface area contributed by atoms with E-state index in [0.717, 1.165) is 25.9 Å². The molecule has 0 aliphatic carbocycles. The Morgan fingerprint density at radius 2 is 2.11 bits per heavy atom. The highest BCUT2D eigenvalue weighted by Gasteiger charge is 2.19. The molecule has 1 aliphatic rings. The van der Waals surface area contributed by atoms with Gasteiger partial charge in [0.15, 0.2) is 0 Å². The lowest BCUT2D eigenvalue weighted by molar-refractivity contribution is -0.385. The Morgan fingerprint density at radius 1 is 1.47 bits per heavy atom. The molecule has 1 aliphatic heterocycles. The number of hydrogen-bond acceptors (Lipinski definition) is 7. The van der Waals surface area contributed by atoms with E-state index in [2.05, 4.69) is 26.3 Å². The normalized spacial score (nSPS) is 16.8. The largest absolute Gasteiger partial charge is 0.351 e. The standard InChI is InChI=1S/C11H14N6O2/c12-3-6-16-4-1-9(2-5-16)15-11-13-7-10(8-14-11)17(18)19/h7-9H,1-2,4-6H2,(H,13,14,15). The number of rotatable bonds is 4. The Kier molecular flexibility index (Phi) is 4.20. The summed E-state index contributed by atoms with van der Waals surface area (Å²) in [7, 11) is 0. The third-order valence-corrected chi connectivity index (χ3v) is 3.06. The van der Waals surface area contributed by atoms with Gasteiger partial charge < -0.3 is 5.32 Å². The summed E-state index contributed by atoms with van der Waals surface area (Å²) < 4.78 is 0. The van der Waals surface area contributed by atoms with E-state index in [1.165, 1.54) is 12.4 Å². The molecular formula is C11H14N6O2. The predicted octanol–water partition coefficient (Wildman–Crippen LogP) is 0.785. The van der Waals surface area contributed by atoms with E-state index in [0.29, 0.717) is 12.5 Å². The highest BCUT2D eigenvalue weighted by atomic mass is 16.6. The number of hydrogen-bond donors (Lipinski definition) is 1. The maximum atomic E-state index is 10.5. The number of nitrogens with one attached hydrogen (secondary N) is 1. The lowest BCUT2D eigenvalue weighted by Gasteiger charge is -2.30. The molecule has 19 heavy (non-hydrogen) atoms. The summed E-state index contributed by atoms with van der Waals surface area (Å²) in [5.74, 6) is 0.407. The number of nitrogens with zero attached hydrogens (tertiary/aromatic N) is 5. The summed E-state index contributed by atoms with van der Waals surface area (Å²) >= 11 is 0. The van der Waals surface area contributed by atoms with Gasteiger partial charge in [0, 0.05) is 19.1 Å². The van der Waals surface area contributed by atoms with Crippen molar-refractivity contribution in [2.24, 2.45) is 0 Å². The van der Waals surface area contributed by atoms with Crippen LogP contribution in [0, 0.1) is 21.4 Å². The summed E-state index contributed by atoms with van der Waals surface area (Å²) in [5, 5.41) is 22.2. The first kappa shape index (κ1) is 13.2. The zero-order valence-corrected chi connectivity index (χ0v) is 10.3. The number of anilines is 1. The zero-order chi connectivity index (χ0) is 13.7. The first-order chi connectivity index (χ1) is 9.19. The molecular weight excluding hydrogens is 248 g/mol. The van der Waals surface area contributed by atoms with Crippen LogP contribution in [-0.2, 0) is 0 Å². The average molecular weight is 262 g/mol. The minimum atomic E-state index is -0.524. The van der Waals surface area contributed by atoms with Gasteiger partial charge in [-0.15, -0.1) is 0 Å². The van der Waals surface area contributed by atoms with E-state index in [9.17, 15) is 10.1 Å². The molecule has 0 atom stereocenters. The fourth-order valence-electron chi connectivity index (χ4n) is 2.01. The maximum absolute atomic E-state index is 10.5. The SMILES string of the molecule is N#CCN1CCC(Nc2ncc([N+](=O)[O-])cn2)CC1. The van der Waals surface area contributed by atoms with Crippen LogP contribution < -0.4 is 5.32 Å². The molecule has 1 N–H and O–H groups in total. The van der Waals surface area contributed by atoms with Crippen molar-refractivity contribution in [2.45, 2.75) is 18.9 Å². The Balaban J connectivity index is 1.85. The van der Waals surface area contributed by atoms with Crippen molar-refractivity contribution in [3.63, 3.8) is 0 Å². The summed E-state index contributed by atoms with van der Waals surface area (Å²) in [6, 6.07) is 2.38. The van der Waals surface area contributed by atoms with Crippen LogP contribution in [0.5, 0.6) is 0 Å². The maximum Gasteiger partial charge on any atom is 0.305 e. The number of nitriles is 1. The highest BCUT2D eigenvalue weighted by molar-refractivity contribution is 5.31. The lowest BCUT2D eigenvalue weighted by atomic mass is 10.1. The molecule has 8 nitrogen and oxygen atoms in total. The van der Waals surface area contributed by atoms with E-state index >= 15 is 0 Å². The molecule has 0 radical (unpaired) electrons. The molecule has 2 heterocycles. The van der Waals surface area contributed by atoms with Crippen LogP contribution in [0.25, 0.3) is 0 Å². The minimum absolute atomic E-state index is 0.116. The second kappa shape index (κ2) is 6.06. The van der Waals surface area contributed by atoms with Crippen LogP contribution in [0.1, 0.15) is 12.8 Å². The van der Waals surface area contributed by atoms with Gasteiger partial charge in [-0.3, -0.25) is 15.0 Å². The third kappa shape index (κ3) is 3.59. The number of likely N-dealkylation sites (tertiary alicyclic amines) is 1. The molecule has 0 bridgehead atoms. The van der Waals surface area contributed by atoms with Gasteiger partial charge in [-0.05, 0) is 12.8 Å². The first-order valence-corrected chi connectivity index (χ1v) is 6.01. The molecule has 100 valence electrons. The summed E-state index contributed by atoms with van der Waals surface area (Å²) in [4.78, 5) is 19.9. The summed E-state index contributed by atoms with van der Waals surface area (Å²) in [6.07, 6.45) is 4.20. The Labute approximate surface area is 110 Å². The average Bonchev–Trinajstić information content (AvgIpc) is 2.42. The van der Waals surface area contributed by atoms with Crippen molar-refractivity contribution < 1.29 is 4.92 Å². The zero-order valence-electron chi connectivity index (χ0n) is 10.3. The van der Waals surface area contributed by atoms with E-state index < -0.39 is 4.92 Å². The molecule has 2 rings (SSSR count). The fourth-order valence-corrected chi connectivity index (χ4v) is 2.01. The quantitative estimate of drug-likeness (QED) is 0.485. The number of piperidine rings is 1. The molecule has 8 heteroatoms. The van der Waals surface area contributed by atoms with E-state index in [4.69, 9.17) is 5.26 Å².